The van der Waals surface area contributed by atoms with Crippen LogP contribution in [-0.2, 0) is 9.59 Å². The highest BCUT2D eigenvalue weighted by Crippen LogP contribution is 2.38. The van der Waals surface area contributed by atoms with Gasteiger partial charge in [-0.05, 0) is 43.9 Å². The molecule has 1 aromatic rings. The lowest BCUT2D eigenvalue weighted by molar-refractivity contribution is -0.122. The molecule has 0 spiro atoms. The van der Waals surface area contributed by atoms with Crippen molar-refractivity contribution in [1.82, 2.24) is 10.6 Å². The minimum Gasteiger partial charge on any atom is -0.354 e. The van der Waals surface area contributed by atoms with E-state index >= 15 is 0 Å². The van der Waals surface area contributed by atoms with Crippen LogP contribution in [0.5, 0.6) is 0 Å². The fourth-order valence-electron chi connectivity index (χ4n) is 2.41. The molecule has 2 rings (SSSR count). The third-order valence-electron chi connectivity index (χ3n) is 4.13. The number of amides is 3. The average Bonchev–Trinajstić information content (AvgIpc) is 3.29. The first-order chi connectivity index (χ1) is 11.4. The Hall–Kier alpha value is -2.37. The summed E-state index contributed by atoms with van der Waals surface area (Å²) in [5.74, 6) is -0.0569. The maximum absolute atomic E-state index is 12.3. The molecule has 6 nitrogen and oxygen atoms in total. The summed E-state index contributed by atoms with van der Waals surface area (Å²) in [6.45, 7) is 6.23. The van der Waals surface area contributed by atoms with E-state index in [4.69, 9.17) is 0 Å². The molecule has 1 aliphatic rings. The van der Waals surface area contributed by atoms with Gasteiger partial charge in [0.15, 0.2) is 0 Å². The number of hydrogen-bond donors (Lipinski definition) is 3. The predicted octanol–water partition coefficient (Wildman–Crippen LogP) is 1.93. The maximum atomic E-state index is 12.3. The van der Waals surface area contributed by atoms with Gasteiger partial charge in [-0.2, -0.15) is 0 Å². The van der Waals surface area contributed by atoms with Gasteiger partial charge in [0.25, 0.3) is 5.91 Å². The highest BCUT2D eigenvalue weighted by Gasteiger charge is 2.39. The number of benzene rings is 1. The predicted molar refractivity (Wildman–Crippen MR) is 92.6 cm³/mol. The molecule has 0 aliphatic heterocycles. The molecule has 24 heavy (non-hydrogen) atoms. The summed E-state index contributed by atoms with van der Waals surface area (Å²) in [4.78, 5) is 36.0. The van der Waals surface area contributed by atoms with Crippen LogP contribution in [0.4, 0.5) is 5.69 Å². The van der Waals surface area contributed by atoms with Crippen LogP contribution in [0.1, 0.15) is 44.0 Å². The first-order valence-corrected chi connectivity index (χ1v) is 8.41. The lowest BCUT2D eigenvalue weighted by Crippen LogP contribution is -2.45. The third kappa shape index (κ3) is 4.81. The fourth-order valence-corrected chi connectivity index (χ4v) is 2.41. The van der Waals surface area contributed by atoms with Crippen molar-refractivity contribution in [2.24, 2.45) is 11.8 Å². The molecule has 1 saturated carbocycles. The Bertz CT molecular complexity index is 630. The SMILES string of the molecule is CCCNC(=O)C(C)NC(=O)c1cccc(NC(=O)C2CC2C)c1. The smallest absolute Gasteiger partial charge is 0.251 e. The standard InChI is InChI=1S/C18H25N3O3/c1-4-8-19-16(22)12(3)20-17(23)13-6-5-7-14(10-13)21-18(24)15-9-11(15)2/h5-7,10-12,15H,4,8-9H2,1-3H3,(H,19,22)(H,20,23)(H,21,24). The summed E-state index contributed by atoms with van der Waals surface area (Å²) in [5.41, 5.74) is 1.00. The van der Waals surface area contributed by atoms with Crippen LogP contribution >= 0.6 is 0 Å². The molecule has 3 N–H and O–H groups in total. The summed E-state index contributed by atoms with van der Waals surface area (Å²) >= 11 is 0. The summed E-state index contributed by atoms with van der Waals surface area (Å²) in [5, 5.41) is 8.24. The van der Waals surface area contributed by atoms with Crippen LogP contribution in [0, 0.1) is 11.8 Å². The van der Waals surface area contributed by atoms with E-state index in [2.05, 4.69) is 16.0 Å². The van der Waals surface area contributed by atoms with E-state index in [0.29, 0.717) is 23.7 Å². The second kappa shape index (κ2) is 7.95. The summed E-state index contributed by atoms with van der Waals surface area (Å²) in [7, 11) is 0. The van der Waals surface area contributed by atoms with E-state index in [1.165, 1.54) is 0 Å². The average molecular weight is 331 g/mol. The Kier molecular flexibility index (Phi) is 5.95. The van der Waals surface area contributed by atoms with Crippen LogP contribution in [-0.4, -0.2) is 30.3 Å². The second-order valence-corrected chi connectivity index (χ2v) is 6.38. The Morgan fingerprint density at radius 3 is 2.62 bits per heavy atom. The van der Waals surface area contributed by atoms with Gasteiger partial charge in [0.05, 0.1) is 0 Å². The zero-order valence-electron chi connectivity index (χ0n) is 14.4. The van der Waals surface area contributed by atoms with Gasteiger partial charge in [-0.15, -0.1) is 0 Å². The Labute approximate surface area is 142 Å². The van der Waals surface area contributed by atoms with Gasteiger partial charge in [0.1, 0.15) is 6.04 Å². The monoisotopic (exact) mass is 331 g/mol. The lowest BCUT2D eigenvalue weighted by atomic mass is 10.1. The van der Waals surface area contributed by atoms with Gasteiger partial charge < -0.3 is 16.0 Å². The van der Waals surface area contributed by atoms with Gasteiger partial charge in [-0.25, -0.2) is 0 Å². The molecule has 0 heterocycles. The molecule has 6 heteroatoms. The normalized spacial score (nSPS) is 20.0. The zero-order valence-corrected chi connectivity index (χ0v) is 14.4. The van der Waals surface area contributed by atoms with Gasteiger partial charge in [0.2, 0.25) is 11.8 Å². The molecule has 1 aromatic carbocycles. The van der Waals surface area contributed by atoms with E-state index in [0.717, 1.165) is 12.8 Å². The van der Waals surface area contributed by atoms with Crippen molar-refractivity contribution in [1.29, 1.82) is 0 Å². The topological polar surface area (TPSA) is 87.3 Å². The summed E-state index contributed by atoms with van der Waals surface area (Å²) in [6.07, 6.45) is 1.75. The molecule has 1 fully saturated rings. The summed E-state index contributed by atoms with van der Waals surface area (Å²) in [6, 6.07) is 6.12. The molecule has 0 bridgehead atoms. The van der Waals surface area contributed by atoms with Crippen LogP contribution in [0.25, 0.3) is 0 Å². The molecule has 0 aromatic heterocycles. The van der Waals surface area contributed by atoms with Crippen LogP contribution in [0.2, 0.25) is 0 Å². The molecule has 0 saturated heterocycles. The molecule has 1 aliphatic carbocycles. The first kappa shape index (κ1) is 18.0. The Morgan fingerprint density at radius 2 is 2.00 bits per heavy atom. The van der Waals surface area contributed by atoms with Crippen LogP contribution in [0.15, 0.2) is 24.3 Å². The summed E-state index contributed by atoms with van der Waals surface area (Å²) < 4.78 is 0. The number of carbonyl (C=O) groups is 3. The number of nitrogens with one attached hydrogen (secondary N) is 3. The van der Waals surface area contributed by atoms with E-state index < -0.39 is 6.04 Å². The fraction of sp³-hybridized carbons (Fsp3) is 0.500. The van der Waals surface area contributed by atoms with E-state index in [-0.39, 0.29) is 23.6 Å². The third-order valence-corrected chi connectivity index (χ3v) is 4.13. The molecule has 3 unspecified atom stereocenters. The minimum absolute atomic E-state index is 0.00707. The van der Waals surface area contributed by atoms with Crippen molar-refractivity contribution in [3.8, 4) is 0 Å². The molecule has 3 amide bonds. The van der Waals surface area contributed by atoms with Gasteiger partial charge in [0, 0.05) is 23.7 Å². The Morgan fingerprint density at radius 1 is 1.29 bits per heavy atom. The van der Waals surface area contributed by atoms with E-state index in [9.17, 15) is 14.4 Å². The number of anilines is 1. The van der Waals surface area contributed by atoms with Crippen molar-refractivity contribution in [2.45, 2.75) is 39.7 Å². The minimum atomic E-state index is -0.616. The van der Waals surface area contributed by atoms with Crippen molar-refractivity contribution < 1.29 is 14.4 Å². The van der Waals surface area contributed by atoms with Crippen LogP contribution < -0.4 is 16.0 Å². The number of carbonyl (C=O) groups excluding carboxylic acids is 3. The van der Waals surface area contributed by atoms with E-state index in [1.807, 2.05) is 13.8 Å². The second-order valence-electron chi connectivity index (χ2n) is 6.38. The molecule has 3 atom stereocenters. The highest BCUT2D eigenvalue weighted by molar-refractivity contribution is 6.00. The van der Waals surface area contributed by atoms with E-state index in [1.54, 1.807) is 31.2 Å². The molecular weight excluding hydrogens is 306 g/mol. The van der Waals surface area contributed by atoms with Gasteiger partial charge >= 0.3 is 0 Å². The Balaban J connectivity index is 1.93. The van der Waals surface area contributed by atoms with Crippen molar-refractivity contribution >= 4 is 23.4 Å². The number of rotatable bonds is 7. The first-order valence-electron chi connectivity index (χ1n) is 8.41. The zero-order chi connectivity index (χ0) is 17.7. The van der Waals surface area contributed by atoms with Crippen molar-refractivity contribution in [3.05, 3.63) is 29.8 Å². The van der Waals surface area contributed by atoms with Crippen molar-refractivity contribution in [2.75, 3.05) is 11.9 Å². The van der Waals surface area contributed by atoms with Crippen LogP contribution in [0.3, 0.4) is 0 Å². The highest BCUT2D eigenvalue weighted by atomic mass is 16.2. The number of hydrogen-bond acceptors (Lipinski definition) is 3. The quantitative estimate of drug-likeness (QED) is 0.713. The molecular formula is C18H25N3O3. The lowest BCUT2D eigenvalue weighted by Gasteiger charge is -2.14. The molecule has 0 radical (unpaired) electrons. The van der Waals surface area contributed by atoms with Crippen molar-refractivity contribution in [3.63, 3.8) is 0 Å². The maximum Gasteiger partial charge on any atom is 0.251 e. The molecule has 130 valence electrons. The van der Waals surface area contributed by atoms with Gasteiger partial charge in [-0.3, -0.25) is 14.4 Å². The van der Waals surface area contributed by atoms with Gasteiger partial charge in [-0.1, -0.05) is 19.9 Å². The largest absolute Gasteiger partial charge is 0.354 e.